The van der Waals surface area contributed by atoms with E-state index in [0.29, 0.717) is 0 Å². The number of carboxylic acid groups (broad SMARTS) is 1. The van der Waals surface area contributed by atoms with Crippen LogP contribution in [0.15, 0.2) is 12.1 Å². The molecular weight excluding hydrogens is 163 g/mol. The predicted molar refractivity (Wildman–Crippen MR) is 39.8 cm³/mol. The highest BCUT2D eigenvalue weighted by molar-refractivity contribution is 5.90. The second-order valence-electron chi connectivity index (χ2n) is 2.40. The predicted octanol–water partition coefficient (Wildman–Crippen LogP) is 1.54. The van der Waals surface area contributed by atoms with Gasteiger partial charge in [0.05, 0.1) is 5.56 Å². The highest BCUT2D eigenvalue weighted by Crippen LogP contribution is 2.21. The first-order valence-corrected chi connectivity index (χ1v) is 3.25. The highest BCUT2D eigenvalue weighted by Gasteiger charge is 2.11. The lowest BCUT2D eigenvalue weighted by Gasteiger charge is -2.02. The highest BCUT2D eigenvalue weighted by atomic mass is 19.1. The third kappa shape index (κ3) is 1.37. The van der Waals surface area contributed by atoms with Crippen LogP contribution in [0.25, 0.3) is 0 Å². The lowest BCUT2D eigenvalue weighted by molar-refractivity contribution is 0.0695. The summed E-state index contributed by atoms with van der Waals surface area (Å²) < 4.78 is 12.5. The molecule has 0 atom stereocenters. The molecule has 0 aliphatic carbocycles. The molecule has 0 saturated carbocycles. The summed E-state index contributed by atoms with van der Waals surface area (Å²) in [5, 5.41) is 17.6. The fraction of sp³-hybridized carbons (Fsp3) is 0.125. The molecule has 0 aromatic heterocycles. The van der Waals surface area contributed by atoms with Gasteiger partial charge in [0.15, 0.2) is 0 Å². The Balaban J connectivity index is 3.37. The van der Waals surface area contributed by atoms with Gasteiger partial charge in [-0.2, -0.15) is 0 Å². The first-order valence-electron chi connectivity index (χ1n) is 3.25. The number of rotatable bonds is 1. The van der Waals surface area contributed by atoms with Gasteiger partial charge in [0.1, 0.15) is 11.6 Å². The minimum atomic E-state index is -1.25. The summed E-state index contributed by atoms with van der Waals surface area (Å²) in [5.74, 6) is -2.34. The van der Waals surface area contributed by atoms with E-state index in [-0.39, 0.29) is 16.9 Å². The summed E-state index contributed by atoms with van der Waals surface area (Å²) in [6.45, 7) is 1.41. The molecule has 1 aromatic carbocycles. The quantitative estimate of drug-likeness (QED) is 0.672. The van der Waals surface area contributed by atoms with Crippen molar-refractivity contribution in [3.63, 3.8) is 0 Å². The summed E-state index contributed by atoms with van der Waals surface area (Å²) in [5.41, 5.74) is -0.0450. The summed E-state index contributed by atoms with van der Waals surface area (Å²) in [7, 11) is 0. The van der Waals surface area contributed by atoms with Gasteiger partial charge < -0.3 is 10.2 Å². The first-order chi connectivity index (χ1) is 5.52. The van der Waals surface area contributed by atoms with E-state index in [1.165, 1.54) is 6.92 Å². The molecule has 0 aliphatic heterocycles. The molecule has 12 heavy (non-hydrogen) atoms. The van der Waals surface area contributed by atoms with E-state index in [4.69, 9.17) is 10.2 Å². The number of hydrogen-bond acceptors (Lipinski definition) is 2. The number of aromatic hydroxyl groups is 1. The van der Waals surface area contributed by atoms with Crippen molar-refractivity contribution < 1.29 is 19.4 Å². The average Bonchev–Trinajstić information content (AvgIpc) is 1.96. The molecule has 4 heteroatoms. The number of aromatic carboxylic acids is 1. The average molecular weight is 170 g/mol. The molecule has 0 heterocycles. The van der Waals surface area contributed by atoms with Crippen molar-refractivity contribution in [3.8, 4) is 5.75 Å². The molecule has 3 nitrogen and oxygen atoms in total. The maximum Gasteiger partial charge on any atom is 0.336 e. The topological polar surface area (TPSA) is 57.5 Å². The SMILES string of the molecule is Cc1c(O)cc(F)cc1C(=O)O. The van der Waals surface area contributed by atoms with Crippen LogP contribution in [0.5, 0.6) is 5.75 Å². The van der Waals surface area contributed by atoms with Gasteiger partial charge in [-0.05, 0) is 13.0 Å². The maximum absolute atomic E-state index is 12.5. The normalized spacial score (nSPS) is 9.83. The van der Waals surface area contributed by atoms with Crippen molar-refractivity contribution in [2.45, 2.75) is 6.92 Å². The smallest absolute Gasteiger partial charge is 0.336 e. The minimum Gasteiger partial charge on any atom is -0.508 e. The molecule has 2 N–H and O–H groups in total. The Morgan fingerprint density at radius 2 is 2.08 bits per heavy atom. The second kappa shape index (κ2) is 2.81. The molecule has 1 aromatic rings. The number of phenols is 1. The van der Waals surface area contributed by atoms with Crippen LogP contribution in [0.3, 0.4) is 0 Å². The summed E-state index contributed by atoms with van der Waals surface area (Å²) in [4.78, 5) is 10.4. The summed E-state index contributed by atoms with van der Waals surface area (Å²) in [6.07, 6.45) is 0. The molecule has 64 valence electrons. The van der Waals surface area contributed by atoms with Crippen molar-refractivity contribution in [2.24, 2.45) is 0 Å². The lowest BCUT2D eigenvalue weighted by Crippen LogP contribution is -2.00. The first kappa shape index (κ1) is 8.52. The van der Waals surface area contributed by atoms with Crippen molar-refractivity contribution >= 4 is 5.97 Å². The molecule has 0 spiro atoms. The van der Waals surface area contributed by atoms with Crippen LogP contribution in [0, 0.1) is 12.7 Å². The number of carboxylic acids is 1. The Hall–Kier alpha value is -1.58. The zero-order valence-corrected chi connectivity index (χ0v) is 6.34. The van der Waals surface area contributed by atoms with Crippen LogP contribution < -0.4 is 0 Å². The third-order valence-electron chi connectivity index (χ3n) is 1.58. The third-order valence-corrected chi connectivity index (χ3v) is 1.58. The number of phenolic OH excluding ortho intramolecular Hbond substituents is 1. The van der Waals surface area contributed by atoms with Crippen LogP contribution in [0.4, 0.5) is 4.39 Å². The Bertz CT molecular complexity index is 333. The number of hydrogen-bond donors (Lipinski definition) is 2. The van der Waals surface area contributed by atoms with Gasteiger partial charge in [0, 0.05) is 11.6 Å². The Labute approximate surface area is 68.1 Å². The Kier molecular flexibility index (Phi) is 1.99. The molecule has 0 bridgehead atoms. The molecule has 1 rings (SSSR count). The fourth-order valence-corrected chi connectivity index (χ4v) is 0.887. The van der Waals surface area contributed by atoms with Crippen LogP contribution in [0.1, 0.15) is 15.9 Å². The van der Waals surface area contributed by atoms with E-state index in [0.717, 1.165) is 12.1 Å². The van der Waals surface area contributed by atoms with Gasteiger partial charge >= 0.3 is 5.97 Å². The Morgan fingerprint density at radius 1 is 1.50 bits per heavy atom. The standard InChI is InChI=1S/C8H7FO3/c1-4-6(8(11)12)2-5(9)3-7(4)10/h2-3,10H,1H3,(H,11,12). The van der Waals surface area contributed by atoms with Gasteiger partial charge in [0.25, 0.3) is 0 Å². The second-order valence-corrected chi connectivity index (χ2v) is 2.40. The lowest BCUT2D eigenvalue weighted by atomic mass is 10.1. The van der Waals surface area contributed by atoms with E-state index in [9.17, 15) is 9.18 Å². The Morgan fingerprint density at radius 3 is 2.58 bits per heavy atom. The van der Waals surface area contributed by atoms with Gasteiger partial charge in [-0.15, -0.1) is 0 Å². The molecule has 0 unspecified atom stereocenters. The van der Waals surface area contributed by atoms with Crippen molar-refractivity contribution in [2.75, 3.05) is 0 Å². The molecule has 0 amide bonds. The monoisotopic (exact) mass is 170 g/mol. The number of halogens is 1. The van der Waals surface area contributed by atoms with Crippen molar-refractivity contribution in [1.29, 1.82) is 0 Å². The number of carbonyl (C=O) groups is 1. The van der Waals surface area contributed by atoms with E-state index in [1.807, 2.05) is 0 Å². The molecule has 0 fully saturated rings. The van der Waals surface area contributed by atoms with Crippen LogP contribution in [0.2, 0.25) is 0 Å². The van der Waals surface area contributed by atoms with Gasteiger partial charge in [-0.1, -0.05) is 0 Å². The van der Waals surface area contributed by atoms with E-state index >= 15 is 0 Å². The largest absolute Gasteiger partial charge is 0.508 e. The minimum absolute atomic E-state index is 0.170. The van der Waals surface area contributed by atoms with Gasteiger partial charge in [-0.3, -0.25) is 0 Å². The fourth-order valence-electron chi connectivity index (χ4n) is 0.887. The van der Waals surface area contributed by atoms with Crippen molar-refractivity contribution in [3.05, 3.63) is 29.1 Å². The van der Waals surface area contributed by atoms with Crippen molar-refractivity contribution in [1.82, 2.24) is 0 Å². The van der Waals surface area contributed by atoms with E-state index in [2.05, 4.69) is 0 Å². The van der Waals surface area contributed by atoms with Gasteiger partial charge in [-0.25, -0.2) is 9.18 Å². The zero-order chi connectivity index (χ0) is 9.30. The molecule has 0 aliphatic rings. The van der Waals surface area contributed by atoms with Crippen LogP contribution in [-0.4, -0.2) is 16.2 Å². The number of benzene rings is 1. The molecular formula is C8H7FO3. The zero-order valence-electron chi connectivity index (χ0n) is 6.34. The molecule has 0 radical (unpaired) electrons. The maximum atomic E-state index is 12.5. The van der Waals surface area contributed by atoms with E-state index in [1.54, 1.807) is 0 Å². The summed E-state index contributed by atoms with van der Waals surface area (Å²) in [6, 6.07) is 1.75. The van der Waals surface area contributed by atoms with Crippen LogP contribution >= 0.6 is 0 Å². The van der Waals surface area contributed by atoms with E-state index < -0.39 is 11.8 Å². The molecule has 0 saturated heterocycles. The summed E-state index contributed by atoms with van der Waals surface area (Å²) >= 11 is 0. The van der Waals surface area contributed by atoms with Gasteiger partial charge in [0.2, 0.25) is 0 Å². The van der Waals surface area contributed by atoms with Crippen LogP contribution in [-0.2, 0) is 0 Å².